The number of ether oxygens (including phenoxy) is 1. The molecule has 0 radical (unpaired) electrons. The van der Waals surface area contributed by atoms with Crippen LogP contribution in [0.3, 0.4) is 0 Å². The highest BCUT2D eigenvalue weighted by Gasteiger charge is 2.44. The lowest BCUT2D eigenvalue weighted by Crippen LogP contribution is -2.54. The number of pyridine rings is 1. The molecule has 3 aromatic rings. The predicted octanol–water partition coefficient (Wildman–Crippen LogP) is 5.13. The fraction of sp³-hybridized carbons (Fsp3) is 0.424. The van der Waals surface area contributed by atoms with Crippen LogP contribution in [0.4, 0.5) is 17.6 Å². The molecule has 254 valence electrons. The van der Waals surface area contributed by atoms with Gasteiger partial charge in [0.2, 0.25) is 5.91 Å². The minimum Gasteiger partial charge on any atom is -0.380 e. The minimum atomic E-state index is -4.87. The average molecular weight is 679 g/mol. The number of carbonyl (C=O) groups excluding carboxylic acids is 2. The molecule has 3 atom stereocenters. The summed E-state index contributed by atoms with van der Waals surface area (Å²) < 4.78 is 90.6. The van der Waals surface area contributed by atoms with Crippen molar-refractivity contribution in [3.8, 4) is 11.1 Å². The van der Waals surface area contributed by atoms with Crippen LogP contribution in [0.1, 0.15) is 50.3 Å². The summed E-state index contributed by atoms with van der Waals surface area (Å²) in [5, 5.41) is 4.53. The molecule has 2 heterocycles. The maximum atomic E-state index is 14.9. The number of benzene rings is 2. The number of rotatable bonds is 12. The monoisotopic (exact) mass is 678 g/mol. The third-order valence-electron chi connectivity index (χ3n) is 7.75. The van der Waals surface area contributed by atoms with Gasteiger partial charge in [-0.2, -0.15) is 17.5 Å². The molecule has 2 aromatic carbocycles. The SMILES string of the molecule is COCc1ccccc1-c1ccc([C@H](N[C@@H](CC(C)(C)F)C(=O)NC2CCCN(S(=O)(=O)c3ccccn3)CC2=O)C(F)(F)F)cc1. The smallest absolute Gasteiger partial charge is 0.380 e. The molecule has 0 bridgehead atoms. The first-order chi connectivity index (χ1) is 22.1. The van der Waals surface area contributed by atoms with Crippen molar-refractivity contribution in [3.63, 3.8) is 0 Å². The lowest BCUT2D eigenvalue weighted by atomic mass is 9.95. The van der Waals surface area contributed by atoms with Crippen molar-refractivity contribution in [1.29, 1.82) is 0 Å². The molecule has 1 aliphatic heterocycles. The van der Waals surface area contributed by atoms with Gasteiger partial charge in [0.1, 0.15) is 11.7 Å². The zero-order valence-corrected chi connectivity index (χ0v) is 27.1. The van der Waals surface area contributed by atoms with Gasteiger partial charge in [-0.05, 0) is 61.1 Å². The van der Waals surface area contributed by atoms with Crippen molar-refractivity contribution in [1.82, 2.24) is 19.9 Å². The highest BCUT2D eigenvalue weighted by molar-refractivity contribution is 7.89. The van der Waals surface area contributed by atoms with Crippen LogP contribution in [0.15, 0.2) is 78.0 Å². The van der Waals surface area contributed by atoms with Crippen LogP contribution in [0.25, 0.3) is 11.1 Å². The summed E-state index contributed by atoms with van der Waals surface area (Å²) in [6, 6.07) is 12.1. The lowest BCUT2D eigenvalue weighted by Gasteiger charge is -2.31. The highest BCUT2D eigenvalue weighted by atomic mass is 32.2. The Balaban J connectivity index is 1.54. The quantitative estimate of drug-likeness (QED) is 0.255. The Hall–Kier alpha value is -3.72. The van der Waals surface area contributed by atoms with Crippen molar-refractivity contribution in [2.75, 3.05) is 20.2 Å². The van der Waals surface area contributed by atoms with Crippen LogP contribution in [0.2, 0.25) is 0 Å². The molecule has 9 nitrogen and oxygen atoms in total. The van der Waals surface area contributed by atoms with Gasteiger partial charge in [0, 0.05) is 26.3 Å². The molecule has 4 rings (SSSR count). The van der Waals surface area contributed by atoms with Gasteiger partial charge in [-0.3, -0.25) is 14.9 Å². The maximum absolute atomic E-state index is 14.9. The third-order valence-corrected chi connectivity index (χ3v) is 9.51. The summed E-state index contributed by atoms with van der Waals surface area (Å²) in [4.78, 5) is 30.5. The van der Waals surface area contributed by atoms with E-state index in [2.05, 4.69) is 15.6 Å². The van der Waals surface area contributed by atoms with Crippen LogP contribution in [0.5, 0.6) is 0 Å². The van der Waals surface area contributed by atoms with E-state index in [1.54, 1.807) is 19.2 Å². The highest BCUT2D eigenvalue weighted by Crippen LogP contribution is 2.35. The predicted molar refractivity (Wildman–Crippen MR) is 167 cm³/mol. The molecule has 1 aliphatic rings. The number of hydrogen-bond acceptors (Lipinski definition) is 7. The summed E-state index contributed by atoms with van der Waals surface area (Å²) in [5.74, 6) is -1.65. The summed E-state index contributed by atoms with van der Waals surface area (Å²) in [6.07, 6.45) is -3.97. The Morgan fingerprint density at radius 1 is 1.04 bits per heavy atom. The molecule has 2 N–H and O–H groups in total. The zero-order chi connectivity index (χ0) is 34.4. The van der Waals surface area contributed by atoms with Gasteiger partial charge in [-0.25, -0.2) is 17.8 Å². The van der Waals surface area contributed by atoms with E-state index < -0.39 is 64.6 Å². The molecule has 1 amide bonds. The summed E-state index contributed by atoms with van der Waals surface area (Å²) in [7, 11) is -2.56. The first-order valence-corrected chi connectivity index (χ1v) is 16.5. The number of nitrogens with one attached hydrogen (secondary N) is 2. The molecule has 0 saturated carbocycles. The van der Waals surface area contributed by atoms with Crippen LogP contribution >= 0.6 is 0 Å². The third kappa shape index (κ3) is 9.43. The fourth-order valence-corrected chi connectivity index (χ4v) is 6.87. The molecule has 1 unspecified atom stereocenters. The zero-order valence-electron chi connectivity index (χ0n) is 26.3. The number of aromatic nitrogens is 1. The average Bonchev–Trinajstić information content (AvgIpc) is 3.20. The van der Waals surface area contributed by atoms with Gasteiger partial charge >= 0.3 is 6.18 Å². The van der Waals surface area contributed by atoms with E-state index >= 15 is 0 Å². The van der Waals surface area contributed by atoms with Crippen LogP contribution in [-0.2, 0) is 31.0 Å². The van der Waals surface area contributed by atoms with Crippen LogP contribution in [-0.4, -0.2) is 73.5 Å². The van der Waals surface area contributed by atoms with Gasteiger partial charge in [0.15, 0.2) is 10.8 Å². The molecule has 1 aromatic heterocycles. The molecule has 47 heavy (non-hydrogen) atoms. The Morgan fingerprint density at radius 2 is 1.72 bits per heavy atom. The van der Waals surface area contributed by atoms with Crippen LogP contribution < -0.4 is 10.6 Å². The van der Waals surface area contributed by atoms with Crippen molar-refractivity contribution in [2.45, 2.75) is 74.7 Å². The van der Waals surface area contributed by atoms with E-state index in [9.17, 15) is 35.6 Å². The second-order valence-electron chi connectivity index (χ2n) is 12.0. The summed E-state index contributed by atoms with van der Waals surface area (Å²) in [6.45, 7) is 1.99. The fourth-order valence-electron chi connectivity index (χ4n) is 5.49. The van der Waals surface area contributed by atoms with E-state index in [1.807, 2.05) is 18.2 Å². The van der Waals surface area contributed by atoms with E-state index in [4.69, 9.17) is 4.74 Å². The molecule has 14 heteroatoms. The molecule has 0 aliphatic carbocycles. The number of amides is 1. The minimum absolute atomic E-state index is 0.0295. The molecular formula is C33H38F4N4O5S. The Morgan fingerprint density at radius 3 is 2.34 bits per heavy atom. The number of alkyl halides is 4. The van der Waals surface area contributed by atoms with Gasteiger partial charge in [-0.15, -0.1) is 0 Å². The number of hydrogen-bond donors (Lipinski definition) is 2. The number of ketones is 1. The van der Waals surface area contributed by atoms with Gasteiger partial charge in [-0.1, -0.05) is 54.6 Å². The Kier molecular flexibility index (Phi) is 11.5. The topological polar surface area (TPSA) is 118 Å². The van der Waals surface area contributed by atoms with Gasteiger partial charge < -0.3 is 10.1 Å². The molecule has 1 fully saturated rings. The molecule has 0 spiro atoms. The van der Waals surface area contributed by atoms with E-state index in [-0.39, 0.29) is 30.0 Å². The number of carbonyl (C=O) groups is 2. The van der Waals surface area contributed by atoms with Gasteiger partial charge in [0.25, 0.3) is 10.0 Å². The standard InChI is InChI=1S/C33H38F4N4O5S/c1-32(2,34)19-27(31(43)40-26-11-8-18-41(20-28(26)42)47(44,45)29-12-6-7-17-38-29)39-30(33(35,36)37)23-15-13-22(14-16-23)25-10-5-4-9-24(25)21-46-3/h4-7,9-10,12-17,26-27,30,39H,8,11,18-21H2,1-3H3,(H,40,43)/t26?,27-,30-/m0/s1. The first-order valence-electron chi connectivity index (χ1n) is 15.0. The van der Waals surface area contributed by atoms with E-state index in [0.29, 0.717) is 12.2 Å². The number of nitrogens with zero attached hydrogens (tertiary/aromatic N) is 2. The van der Waals surface area contributed by atoms with Crippen molar-refractivity contribution >= 4 is 21.7 Å². The molecular weight excluding hydrogens is 640 g/mol. The summed E-state index contributed by atoms with van der Waals surface area (Å²) >= 11 is 0. The Bertz CT molecular complexity index is 1630. The first kappa shape index (κ1) is 36.1. The van der Waals surface area contributed by atoms with Gasteiger partial charge in [0.05, 0.1) is 25.2 Å². The second kappa shape index (κ2) is 15.0. The second-order valence-corrected chi connectivity index (χ2v) is 13.9. The lowest BCUT2D eigenvalue weighted by molar-refractivity contribution is -0.161. The van der Waals surface area contributed by atoms with Crippen molar-refractivity contribution < 1.29 is 40.3 Å². The van der Waals surface area contributed by atoms with E-state index in [1.165, 1.54) is 42.6 Å². The van der Waals surface area contributed by atoms with Crippen molar-refractivity contribution in [3.05, 3.63) is 84.1 Å². The number of halogens is 4. The Labute approximate surface area is 271 Å². The van der Waals surface area contributed by atoms with Crippen LogP contribution in [0, 0.1) is 0 Å². The normalized spacial score (nSPS) is 17.9. The van der Waals surface area contributed by atoms with E-state index in [0.717, 1.165) is 29.3 Å². The summed E-state index contributed by atoms with van der Waals surface area (Å²) in [5.41, 5.74) is 0.0449. The number of sulfonamides is 1. The number of Topliss-reactive ketones (excluding diaryl/α,β-unsaturated/α-hetero) is 1. The number of methoxy groups -OCH3 is 1. The maximum Gasteiger partial charge on any atom is 0.407 e. The van der Waals surface area contributed by atoms with Crippen molar-refractivity contribution in [2.24, 2.45) is 0 Å². The largest absolute Gasteiger partial charge is 0.407 e. The molecule has 1 saturated heterocycles.